The molecular formula is C15H23ClN2O2. The minimum atomic E-state index is -0.514. The second-order valence-corrected chi connectivity index (χ2v) is 5.77. The van der Waals surface area contributed by atoms with Crippen molar-refractivity contribution in [2.45, 2.75) is 25.0 Å². The summed E-state index contributed by atoms with van der Waals surface area (Å²) in [4.78, 5) is 2.36. The largest absolute Gasteiger partial charge is 0.491 e. The molecule has 1 aliphatic carbocycles. The van der Waals surface area contributed by atoms with Gasteiger partial charge in [0.15, 0.2) is 0 Å². The molecule has 0 aliphatic heterocycles. The van der Waals surface area contributed by atoms with Gasteiger partial charge in [-0.3, -0.25) is 0 Å². The van der Waals surface area contributed by atoms with E-state index in [1.807, 2.05) is 12.1 Å². The van der Waals surface area contributed by atoms with E-state index in [9.17, 15) is 5.11 Å². The number of ether oxygens (including phenoxy) is 1. The van der Waals surface area contributed by atoms with E-state index in [0.717, 1.165) is 19.1 Å². The summed E-state index contributed by atoms with van der Waals surface area (Å²) in [5, 5.41) is 13.7. The number of nitrogens with zero attached hydrogens (tertiary/aromatic N) is 1. The Balaban J connectivity index is 1.54. The fraction of sp³-hybridized carbons (Fsp3) is 0.600. The van der Waals surface area contributed by atoms with Gasteiger partial charge in [-0.25, -0.2) is 0 Å². The van der Waals surface area contributed by atoms with Gasteiger partial charge < -0.3 is 20.1 Å². The number of halogens is 1. The van der Waals surface area contributed by atoms with Crippen LogP contribution in [-0.2, 0) is 0 Å². The summed E-state index contributed by atoms with van der Waals surface area (Å²) in [7, 11) is 2.15. The number of benzene rings is 1. The predicted molar refractivity (Wildman–Crippen MR) is 81.5 cm³/mol. The highest BCUT2D eigenvalue weighted by Crippen LogP contribution is 2.24. The second kappa shape index (κ2) is 7.84. The van der Waals surface area contributed by atoms with Crippen LogP contribution in [0.2, 0.25) is 5.02 Å². The van der Waals surface area contributed by atoms with E-state index in [4.69, 9.17) is 16.3 Å². The van der Waals surface area contributed by atoms with E-state index < -0.39 is 6.10 Å². The summed E-state index contributed by atoms with van der Waals surface area (Å²) < 4.78 is 5.49. The van der Waals surface area contributed by atoms with Crippen molar-refractivity contribution in [1.82, 2.24) is 10.2 Å². The minimum Gasteiger partial charge on any atom is -0.491 e. The molecule has 5 heteroatoms. The van der Waals surface area contributed by atoms with E-state index in [-0.39, 0.29) is 6.61 Å². The van der Waals surface area contributed by atoms with Crippen LogP contribution in [0.5, 0.6) is 5.75 Å². The van der Waals surface area contributed by atoms with Crippen LogP contribution in [-0.4, -0.2) is 55.4 Å². The third kappa shape index (κ3) is 5.67. The first-order valence-corrected chi connectivity index (χ1v) is 7.50. The lowest BCUT2D eigenvalue weighted by molar-refractivity contribution is 0.106. The summed E-state index contributed by atoms with van der Waals surface area (Å²) in [6, 6.07) is 7.98. The molecule has 0 radical (unpaired) electrons. The molecule has 1 aliphatic rings. The Labute approximate surface area is 125 Å². The first kappa shape index (κ1) is 15.6. The van der Waals surface area contributed by atoms with Crippen molar-refractivity contribution in [2.75, 3.05) is 33.3 Å². The SMILES string of the molecule is CN(CCNCC(O)COc1cccc(Cl)c1)C1CC1. The van der Waals surface area contributed by atoms with Gasteiger partial charge in [0.2, 0.25) is 0 Å². The summed E-state index contributed by atoms with van der Waals surface area (Å²) in [6.45, 7) is 2.72. The van der Waals surface area contributed by atoms with E-state index in [0.29, 0.717) is 17.3 Å². The number of rotatable bonds is 9. The number of likely N-dealkylation sites (N-methyl/N-ethyl adjacent to an activating group) is 1. The van der Waals surface area contributed by atoms with Gasteiger partial charge in [0.1, 0.15) is 18.5 Å². The number of aliphatic hydroxyl groups is 1. The minimum absolute atomic E-state index is 0.270. The molecule has 0 amide bonds. The van der Waals surface area contributed by atoms with Crippen LogP contribution in [0, 0.1) is 0 Å². The summed E-state index contributed by atoms with van der Waals surface area (Å²) in [5.74, 6) is 0.685. The van der Waals surface area contributed by atoms with Crippen LogP contribution in [0.3, 0.4) is 0 Å². The molecule has 0 bridgehead atoms. The second-order valence-electron chi connectivity index (χ2n) is 5.34. The highest BCUT2D eigenvalue weighted by atomic mass is 35.5. The Bertz CT molecular complexity index is 413. The van der Waals surface area contributed by atoms with Gasteiger partial charge in [0, 0.05) is 30.7 Å². The van der Waals surface area contributed by atoms with Crippen LogP contribution in [0.15, 0.2) is 24.3 Å². The lowest BCUT2D eigenvalue weighted by Crippen LogP contribution is -2.36. The molecule has 1 saturated carbocycles. The normalized spacial score (nSPS) is 16.4. The van der Waals surface area contributed by atoms with Gasteiger partial charge in [-0.2, -0.15) is 0 Å². The van der Waals surface area contributed by atoms with Crippen molar-refractivity contribution in [1.29, 1.82) is 0 Å². The molecule has 2 N–H and O–H groups in total. The molecule has 0 heterocycles. The number of aliphatic hydroxyl groups excluding tert-OH is 1. The van der Waals surface area contributed by atoms with Gasteiger partial charge in [0.05, 0.1) is 0 Å². The van der Waals surface area contributed by atoms with Crippen LogP contribution < -0.4 is 10.1 Å². The predicted octanol–water partition coefficient (Wildman–Crippen LogP) is 1.76. The summed E-state index contributed by atoms with van der Waals surface area (Å²) in [6.07, 6.45) is 2.14. The maximum atomic E-state index is 9.83. The van der Waals surface area contributed by atoms with Crippen LogP contribution >= 0.6 is 11.6 Å². The van der Waals surface area contributed by atoms with Gasteiger partial charge >= 0.3 is 0 Å². The zero-order chi connectivity index (χ0) is 14.4. The first-order valence-electron chi connectivity index (χ1n) is 7.12. The smallest absolute Gasteiger partial charge is 0.120 e. The maximum Gasteiger partial charge on any atom is 0.120 e. The fourth-order valence-electron chi connectivity index (χ4n) is 2.03. The first-order chi connectivity index (χ1) is 9.65. The number of hydrogen-bond donors (Lipinski definition) is 2. The Hall–Kier alpha value is -0.810. The van der Waals surface area contributed by atoms with Crippen molar-refractivity contribution >= 4 is 11.6 Å². The van der Waals surface area contributed by atoms with E-state index in [1.54, 1.807) is 12.1 Å². The van der Waals surface area contributed by atoms with Crippen LogP contribution in [0.25, 0.3) is 0 Å². The van der Waals surface area contributed by atoms with E-state index in [1.165, 1.54) is 12.8 Å². The number of nitrogens with one attached hydrogen (secondary N) is 1. The molecule has 0 saturated heterocycles. The molecule has 0 aromatic heterocycles. The van der Waals surface area contributed by atoms with E-state index in [2.05, 4.69) is 17.3 Å². The number of hydrogen-bond acceptors (Lipinski definition) is 4. The quantitative estimate of drug-likeness (QED) is 0.682. The molecule has 2 rings (SSSR count). The monoisotopic (exact) mass is 298 g/mol. The standard InChI is InChI=1S/C15H23ClN2O2/c1-18(13-5-6-13)8-7-17-10-14(19)11-20-15-4-2-3-12(16)9-15/h2-4,9,13-14,17,19H,5-8,10-11H2,1H3. The lowest BCUT2D eigenvalue weighted by atomic mass is 10.3. The van der Waals surface area contributed by atoms with Crippen molar-refractivity contribution in [2.24, 2.45) is 0 Å². The topological polar surface area (TPSA) is 44.7 Å². The zero-order valence-corrected chi connectivity index (χ0v) is 12.6. The van der Waals surface area contributed by atoms with Gasteiger partial charge in [-0.1, -0.05) is 17.7 Å². The van der Waals surface area contributed by atoms with E-state index >= 15 is 0 Å². The molecule has 4 nitrogen and oxygen atoms in total. The molecular weight excluding hydrogens is 276 g/mol. The van der Waals surface area contributed by atoms with Gasteiger partial charge in [0.25, 0.3) is 0 Å². The highest BCUT2D eigenvalue weighted by molar-refractivity contribution is 6.30. The van der Waals surface area contributed by atoms with Crippen LogP contribution in [0.1, 0.15) is 12.8 Å². The molecule has 20 heavy (non-hydrogen) atoms. The summed E-state index contributed by atoms with van der Waals surface area (Å²) in [5.41, 5.74) is 0. The van der Waals surface area contributed by atoms with Gasteiger partial charge in [-0.15, -0.1) is 0 Å². The molecule has 1 unspecified atom stereocenters. The van der Waals surface area contributed by atoms with Crippen molar-refractivity contribution in [3.05, 3.63) is 29.3 Å². The van der Waals surface area contributed by atoms with Crippen molar-refractivity contribution < 1.29 is 9.84 Å². The molecule has 1 atom stereocenters. The average Bonchev–Trinajstić information content (AvgIpc) is 3.26. The van der Waals surface area contributed by atoms with Crippen molar-refractivity contribution in [3.8, 4) is 5.75 Å². The Morgan fingerprint density at radius 1 is 1.50 bits per heavy atom. The fourth-order valence-corrected chi connectivity index (χ4v) is 2.21. The maximum absolute atomic E-state index is 9.83. The molecule has 0 spiro atoms. The summed E-state index contributed by atoms with van der Waals surface area (Å²) >= 11 is 5.86. The van der Waals surface area contributed by atoms with Crippen LogP contribution in [0.4, 0.5) is 0 Å². The zero-order valence-electron chi connectivity index (χ0n) is 11.9. The molecule has 112 valence electrons. The molecule has 1 aromatic rings. The Kier molecular flexibility index (Phi) is 6.10. The lowest BCUT2D eigenvalue weighted by Gasteiger charge is -2.17. The molecule has 1 aromatic carbocycles. The van der Waals surface area contributed by atoms with Gasteiger partial charge in [-0.05, 0) is 38.1 Å². The third-order valence-corrected chi connectivity index (χ3v) is 3.67. The third-order valence-electron chi connectivity index (χ3n) is 3.43. The average molecular weight is 299 g/mol. The Morgan fingerprint density at radius 2 is 2.30 bits per heavy atom. The van der Waals surface area contributed by atoms with Crippen molar-refractivity contribution in [3.63, 3.8) is 0 Å². The Morgan fingerprint density at radius 3 is 3.00 bits per heavy atom. The molecule has 1 fully saturated rings. The highest BCUT2D eigenvalue weighted by Gasteiger charge is 2.25.